The molecule has 1 amide bonds. The van der Waals surface area contributed by atoms with E-state index in [0.717, 1.165) is 22.2 Å². The molecule has 5 nitrogen and oxygen atoms in total. The number of H-pyrrole nitrogens is 1. The van der Waals surface area contributed by atoms with Crippen LogP contribution in [0.3, 0.4) is 0 Å². The highest BCUT2D eigenvalue weighted by atomic mass is 16.4. The molecular formula is C19H18N2O3. The van der Waals surface area contributed by atoms with Gasteiger partial charge in [-0.15, -0.1) is 0 Å². The monoisotopic (exact) mass is 322 g/mol. The summed E-state index contributed by atoms with van der Waals surface area (Å²) < 4.78 is 0. The fraction of sp³-hybridized carbons (Fsp3) is 0.158. The average Bonchev–Trinajstić information content (AvgIpc) is 3.01. The summed E-state index contributed by atoms with van der Waals surface area (Å²) in [5.74, 6) is -0.978. The lowest BCUT2D eigenvalue weighted by Gasteiger charge is -2.04. The second-order valence-corrected chi connectivity index (χ2v) is 5.66. The van der Waals surface area contributed by atoms with Crippen LogP contribution in [0.2, 0.25) is 0 Å². The number of aromatic carboxylic acids is 1. The van der Waals surface area contributed by atoms with Gasteiger partial charge in [-0.05, 0) is 41.6 Å². The zero-order valence-corrected chi connectivity index (χ0v) is 13.1. The van der Waals surface area contributed by atoms with Crippen molar-refractivity contribution in [2.24, 2.45) is 0 Å². The minimum Gasteiger partial charge on any atom is -0.478 e. The van der Waals surface area contributed by atoms with E-state index in [1.165, 1.54) is 0 Å². The number of hydrogen-bond donors (Lipinski definition) is 3. The van der Waals surface area contributed by atoms with Crippen molar-refractivity contribution >= 4 is 22.8 Å². The van der Waals surface area contributed by atoms with E-state index >= 15 is 0 Å². The van der Waals surface area contributed by atoms with Crippen molar-refractivity contribution in [3.8, 4) is 0 Å². The Labute approximate surface area is 139 Å². The van der Waals surface area contributed by atoms with E-state index < -0.39 is 5.97 Å². The van der Waals surface area contributed by atoms with Gasteiger partial charge in [0.15, 0.2) is 0 Å². The summed E-state index contributed by atoms with van der Waals surface area (Å²) in [6.45, 7) is 0.464. The van der Waals surface area contributed by atoms with Crippen LogP contribution in [0.1, 0.15) is 28.0 Å². The fourth-order valence-electron chi connectivity index (χ4n) is 2.58. The molecule has 0 saturated heterocycles. The van der Waals surface area contributed by atoms with Crippen molar-refractivity contribution in [2.45, 2.75) is 19.4 Å². The van der Waals surface area contributed by atoms with Gasteiger partial charge in [-0.25, -0.2) is 4.79 Å². The molecule has 24 heavy (non-hydrogen) atoms. The molecule has 3 N–H and O–H groups in total. The highest BCUT2D eigenvalue weighted by Crippen LogP contribution is 2.14. The van der Waals surface area contributed by atoms with E-state index in [1.54, 1.807) is 24.3 Å². The number of carbonyl (C=O) groups is 2. The number of rotatable bonds is 6. The van der Waals surface area contributed by atoms with Crippen molar-refractivity contribution in [2.75, 3.05) is 0 Å². The Morgan fingerprint density at radius 1 is 1.04 bits per heavy atom. The molecule has 0 aliphatic heterocycles. The average molecular weight is 322 g/mol. The summed E-state index contributed by atoms with van der Waals surface area (Å²) in [5.41, 5.74) is 3.22. The Hall–Kier alpha value is -3.08. The third kappa shape index (κ3) is 3.81. The number of aromatic amines is 1. The number of carboxylic acid groups (broad SMARTS) is 1. The van der Waals surface area contributed by atoms with Gasteiger partial charge in [-0.1, -0.05) is 30.3 Å². The van der Waals surface area contributed by atoms with Gasteiger partial charge in [-0.3, -0.25) is 4.79 Å². The predicted molar refractivity (Wildman–Crippen MR) is 91.9 cm³/mol. The Morgan fingerprint density at radius 2 is 1.79 bits per heavy atom. The summed E-state index contributed by atoms with van der Waals surface area (Å²) in [6, 6.07) is 16.6. The van der Waals surface area contributed by atoms with Crippen LogP contribution in [0.5, 0.6) is 0 Å². The number of para-hydroxylation sites is 1. The molecule has 0 atom stereocenters. The van der Waals surface area contributed by atoms with Gasteiger partial charge in [0.05, 0.1) is 12.1 Å². The van der Waals surface area contributed by atoms with Crippen LogP contribution in [0.4, 0.5) is 0 Å². The number of amides is 1. The number of aromatic nitrogens is 1. The molecule has 0 bridgehead atoms. The first-order valence-electron chi connectivity index (χ1n) is 7.77. The van der Waals surface area contributed by atoms with Crippen LogP contribution in [-0.4, -0.2) is 22.0 Å². The van der Waals surface area contributed by atoms with Gasteiger partial charge in [0, 0.05) is 17.6 Å². The first-order chi connectivity index (χ1) is 11.6. The van der Waals surface area contributed by atoms with E-state index in [1.807, 2.05) is 30.3 Å². The van der Waals surface area contributed by atoms with Crippen molar-refractivity contribution in [3.63, 3.8) is 0 Å². The number of carboxylic acids is 1. The normalized spacial score (nSPS) is 10.7. The van der Waals surface area contributed by atoms with Gasteiger partial charge in [0.25, 0.3) is 0 Å². The summed E-state index contributed by atoms with van der Waals surface area (Å²) in [6.07, 6.45) is 0.949. The van der Waals surface area contributed by atoms with Gasteiger partial charge >= 0.3 is 5.97 Å². The van der Waals surface area contributed by atoms with Crippen LogP contribution >= 0.6 is 0 Å². The number of fused-ring (bicyclic) bond motifs is 1. The quantitative estimate of drug-likeness (QED) is 0.652. The Kier molecular flexibility index (Phi) is 4.61. The van der Waals surface area contributed by atoms with Crippen LogP contribution in [0.25, 0.3) is 10.9 Å². The lowest BCUT2D eigenvalue weighted by Crippen LogP contribution is -2.23. The first-order valence-corrected chi connectivity index (χ1v) is 7.77. The predicted octanol–water partition coefficient (Wildman–Crippen LogP) is 3.12. The summed E-state index contributed by atoms with van der Waals surface area (Å²) >= 11 is 0. The van der Waals surface area contributed by atoms with Crippen molar-refractivity contribution in [1.29, 1.82) is 0 Å². The SMILES string of the molecule is O=C(CCc1ccc(C(=O)O)cc1)NCc1cc2ccccc2[nH]1. The molecule has 5 heteroatoms. The first kappa shape index (κ1) is 15.8. The van der Waals surface area contributed by atoms with E-state index in [4.69, 9.17) is 5.11 Å². The number of benzene rings is 2. The van der Waals surface area contributed by atoms with Crippen LogP contribution in [-0.2, 0) is 17.8 Å². The molecule has 1 heterocycles. The lowest BCUT2D eigenvalue weighted by molar-refractivity contribution is -0.121. The van der Waals surface area contributed by atoms with E-state index in [9.17, 15) is 9.59 Å². The highest BCUT2D eigenvalue weighted by molar-refractivity contribution is 5.87. The summed E-state index contributed by atoms with van der Waals surface area (Å²) in [5, 5.41) is 12.9. The topological polar surface area (TPSA) is 82.2 Å². The smallest absolute Gasteiger partial charge is 0.335 e. The largest absolute Gasteiger partial charge is 0.478 e. The van der Waals surface area contributed by atoms with Gasteiger partial charge in [0.2, 0.25) is 5.91 Å². The van der Waals surface area contributed by atoms with Gasteiger partial charge < -0.3 is 15.4 Å². The number of carbonyl (C=O) groups excluding carboxylic acids is 1. The molecule has 2 aromatic carbocycles. The maximum atomic E-state index is 12.0. The summed E-state index contributed by atoms with van der Waals surface area (Å²) in [4.78, 5) is 26.0. The number of hydrogen-bond acceptors (Lipinski definition) is 2. The van der Waals surface area contributed by atoms with E-state index in [0.29, 0.717) is 19.4 Å². The highest BCUT2D eigenvalue weighted by Gasteiger charge is 2.06. The molecule has 0 saturated carbocycles. The van der Waals surface area contributed by atoms with Crippen LogP contribution in [0.15, 0.2) is 54.6 Å². The minimum atomic E-state index is -0.947. The minimum absolute atomic E-state index is 0.0315. The maximum absolute atomic E-state index is 12.0. The number of aryl methyl sites for hydroxylation is 1. The molecule has 0 unspecified atom stereocenters. The lowest BCUT2D eigenvalue weighted by atomic mass is 10.1. The zero-order chi connectivity index (χ0) is 16.9. The maximum Gasteiger partial charge on any atom is 0.335 e. The molecule has 3 aromatic rings. The second kappa shape index (κ2) is 7.00. The Morgan fingerprint density at radius 3 is 2.50 bits per heavy atom. The van der Waals surface area contributed by atoms with Crippen LogP contribution < -0.4 is 5.32 Å². The van der Waals surface area contributed by atoms with Crippen LogP contribution in [0, 0.1) is 0 Å². The molecule has 0 aliphatic carbocycles. The third-order valence-electron chi connectivity index (χ3n) is 3.90. The molecule has 1 aromatic heterocycles. The standard InChI is InChI=1S/C19H18N2O3/c22-18(10-7-13-5-8-14(9-6-13)19(23)24)20-12-16-11-15-3-1-2-4-17(15)21-16/h1-6,8-9,11,21H,7,10,12H2,(H,20,22)(H,23,24). The molecular weight excluding hydrogens is 304 g/mol. The molecule has 0 spiro atoms. The fourth-order valence-corrected chi connectivity index (χ4v) is 2.58. The second-order valence-electron chi connectivity index (χ2n) is 5.66. The van der Waals surface area contributed by atoms with E-state index in [2.05, 4.69) is 10.3 Å². The van der Waals surface area contributed by atoms with Crippen molar-refractivity contribution < 1.29 is 14.7 Å². The molecule has 0 aliphatic rings. The Bertz CT molecular complexity index is 833. The van der Waals surface area contributed by atoms with Gasteiger partial charge in [0.1, 0.15) is 0 Å². The number of nitrogens with one attached hydrogen (secondary N) is 2. The van der Waals surface area contributed by atoms with Crippen molar-refractivity contribution in [1.82, 2.24) is 10.3 Å². The van der Waals surface area contributed by atoms with Gasteiger partial charge in [-0.2, -0.15) is 0 Å². The molecule has 3 rings (SSSR count). The summed E-state index contributed by atoms with van der Waals surface area (Å²) in [7, 11) is 0. The van der Waals surface area contributed by atoms with Crippen molar-refractivity contribution in [3.05, 3.63) is 71.4 Å². The molecule has 122 valence electrons. The third-order valence-corrected chi connectivity index (χ3v) is 3.90. The molecule has 0 fully saturated rings. The van der Waals surface area contributed by atoms with E-state index in [-0.39, 0.29) is 11.5 Å². The Balaban J connectivity index is 1.49. The molecule has 0 radical (unpaired) electrons. The zero-order valence-electron chi connectivity index (χ0n) is 13.1.